The summed E-state index contributed by atoms with van der Waals surface area (Å²) in [7, 11) is -3.58. The number of halogens is 1. The molecule has 128 valence electrons. The van der Waals surface area contributed by atoms with E-state index in [2.05, 4.69) is 26.0 Å². The van der Waals surface area contributed by atoms with Crippen LogP contribution >= 0.6 is 15.9 Å². The molecule has 0 aliphatic carbocycles. The van der Waals surface area contributed by atoms with Crippen LogP contribution in [-0.2, 0) is 14.8 Å². The van der Waals surface area contributed by atoms with Gasteiger partial charge < -0.3 is 10.1 Å². The normalized spacial score (nSPS) is 11.0. The van der Waals surface area contributed by atoms with Gasteiger partial charge in [0.05, 0.1) is 4.90 Å². The van der Waals surface area contributed by atoms with Crippen LogP contribution in [0.15, 0.2) is 64.0 Å². The number of carbonyl (C=O) groups excluding carboxylic acids is 1. The second-order valence-electron chi connectivity index (χ2n) is 4.80. The van der Waals surface area contributed by atoms with Gasteiger partial charge in [0.25, 0.3) is 5.91 Å². The van der Waals surface area contributed by atoms with Crippen molar-refractivity contribution in [1.82, 2.24) is 10.0 Å². The molecule has 0 aromatic heterocycles. The smallest absolute Gasteiger partial charge is 0.257 e. The summed E-state index contributed by atoms with van der Waals surface area (Å²) in [5.41, 5.74) is 0. The highest BCUT2D eigenvalue weighted by Crippen LogP contribution is 2.14. The van der Waals surface area contributed by atoms with E-state index < -0.39 is 10.0 Å². The van der Waals surface area contributed by atoms with E-state index in [1.54, 1.807) is 24.3 Å². The summed E-state index contributed by atoms with van der Waals surface area (Å²) in [6, 6.07) is 15.3. The third-order valence-corrected chi connectivity index (χ3v) is 4.98. The van der Waals surface area contributed by atoms with Gasteiger partial charge in [-0.25, -0.2) is 13.1 Å². The van der Waals surface area contributed by atoms with Crippen molar-refractivity contribution in [3.63, 3.8) is 0 Å². The van der Waals surface area contributed by atoms with Crippen molar-refractivity contribution in [2.75, 3.05) is 19.7 Å². The maximum Gasteiger partial charge on any atom is 0.257 e. The standard InChI is InChI=1S/C16H17BrN2O4S/c17-13-6-8-15(9-7-13)24(21,22)19-11-10-18-16(20)12-23-14-4-2-1-3-5-14/h1-9,19H,10-12H2,(H,18,20). The molecule has 2 aromatic carbocycles. The van der Waals surface area contributed by atoms with Crippen molar-refractivity contribution >= 4 is 31.9 Å². The zero-order valence-corrected chi connectivity index (χ0v) is 15.1. The highest BCUT2D eigenvalue weighted by molar-refractivity contribution is 9.10. The minimum atomic E-state index is -3.58. The van der Waals surface area contributed by atoms with E-state index in [1.807, 2.05) is 18.2 Å². The SMILES string of the molecule is O=C(COc1ccccc1)NCCNS(=O)(=O)c1ccc(Br)cc1. The molecule has 0 bridgehead atoms. The van der Waals surface area contributed by atoms with Gasteiger partial charge in [0.15, 0.2) is 6.61 Å². The fraction of sp³-hybridized carbons (Fsp3) is 0.188. The number of carbonyl (C=O) groups is 1. The fourth-order valence-electron chi connectivity index (χ4n) is 1.80. The van der Waals surface area contributed by atoms with Crippen molar-refractivity contribution in [2.45, 2.75) is 4.90 Å². The number of hydrogen-bond donors (Lipinski definition) is 2. The second-order valence-corrected chi connectivity index (χ2v) is 7.49. The van der Waals surface area contributed by atoms with Gasteiger partial charge in [-0.15, -0.1) is 0 Å². The average Bonchev–Trinajstić information content (AvgIpc) is 2.58. The molecule has 1 amide bonds. The topological polar surface area (TPSA) is 84.5 Å². The second kappa shape index (κ2) is 8.81. The third kappa shape index (κ3) is 5.95. The van der Waals surface area contributed by atoms with Crippen LogP contribution in [0.4, 0.5) is 0 Å². The van der Waals surface area contributed by atoms with Crippen molar-refractivity contribution in [3.8, 4) is 5.75 Å². The highest BCUT2D eigenvalue weighted by atomic mass is 79.9. The Bertz CT molecular complexity index is 764. The summed E-state index contributed by atoms with van der Waals surface area (Å²) in [5, 5.41) is 2.59. The number of nitrogens with one attached hydrogen (secondary N) is 2. The summed E-state index contributed by atoms with van der Waals surface area (Å²) < 4.78 is 32.6. The van der Waals surface area contributed by atoms with E-state index in [1.165, 1.54) is 12.1 Å². The molecule has 8 heteroatoms. The maximum atomic E-state index is 12.0. The minimum absolute atomic E-state index is 0.0927. The zero-order chi connectivity index (χ0) is 17.4. The van der Waals surface area contributed by atoms with Gasteiger partial charge >= 0.3 is 0 Å². The molecule has 6 nitrogen and oxygen atoms in total. The first-order valence-corrected chi connectivity index (χ1v) is 9.45. The van der Waals surface area contributed by atoms with Crippen LogP contribution in [0.1, 0.15) is 0 Å². The molecule has 2 aromatic rings. The van der Waals surface area contributed by atoms with E-state index in [9.17, 15) is 13.2 Å². The van der Waals surface area contributed by atoms with E-state index in [0.717, 1.165) is 4.47 Å². The van der Waals surface area contributed by atoms with Gasteiger partial charge in [-0.2, -0.15) is 0 Å². The number of ether oxygens (including phenoxy) is 1. The van der Waals surface area contributed by atoms with Crippen molar-refractivity contribution in [3.05, 3.63) is 59.1 Å². The Morgan fingerprint density at radius 1 is 1.00 bits per heavy atom. The van der Waals surface area contributed by atoms with Crippen molar-refractivity contribution < 1.29 is 17.9 Å². The lowest BCUT2D eigenvalue weighted by molar-refractivity contribution is -0.123. The van der Waals surface area contributed by atoms with Crippen LogP contribution < -0.4 is 14.8 Å². The van der Waals surface area contributed by atoms with E-state index >= 15 is 0 Å². The predicted molar refractivity (Wildman–Crippen MR) is 94.3 cm³/mol. The first-order chi connectivity index (χ1) is 11.5. The molecule has 0 spiro atoms. The van der Waals surface area contributed by atoms with Gasteiger partial charge in [-0.05, 0) is 36.4 Å². The van der Waals surface area contributed by atoms with Crippen LogP contribution in [0.5, 0.6) is 5.75 Å². The van der Waals surface area contributed by atoms with Crippen molar-refractivity contribution in [1.29, 1.82) is 0 Å². The summed E-state index contributed by atoms with van der Waals surface area (Å²) >= 11 is 3.25. The molecule has 0 aliphatic heterocycles. The first kappa shape index (κ1) is 18.4. The first-order valence-electron chi connectivity index (χ1n) is 7.17. The number of para-hydroxylation sites is 1. The summed E-state index contributed by atoms with van der Waals surface area (Å²) in [6.45, 7) is 0.145. The molecule has 0 unspecified atom stereocenters. The molecule has 0 saturated carbocycles. The summed E-state index contributed by atoms with van der Waals surface area (Å²) in [5.74, 6) is 0.283. The zero-order valence-electron chi connectivity index (χ0n) is 12.7. The third-order valence-electron chi connectivity index (χ3n) is 2.98. The molecule has 0 saturated heterocycles. The van der Waals surface area contributed by atoms with Crippen LogP contribution in [0.2, 0.25) is 0 Å². The molecule has 0 radical (unpaired) electrons. The van der Waals surface area contributed by atoms with Gasteiger partial charge in [0, 0.05) is 17.6 Å². The lowest BCUT2D eigenvalue weighted by atomic mass is 10.3. The molecule has 2 rings (SSSR count). The molecular weight excluding hydrogens is 396 g/mol. The molecular formula is C16H17BrN2O4S. The van der Waals surface area contributed by atoms with Crippen LogP contribution in [0.3, 0.4) is 0 Å². The van der Waals surface area contributed by atoms with E-state index in [4.69, 9.17) is 4.74 Å². The predicted octanol–water partition coefficient (Wildman–Crippen LogP) is 1.92. The molecule has 0 heterocycles. The van der Waals surface area contributed by atoms with Crippen LogP contribution in [0.25, 0.3) is 0 Å². The van der Waals surface area contributed by atoms with Crippen molar-refractivity contribution in [2.24, 2.45) is 0 Å². The van der Waals surface area contributed by atoms with Gasteiger partial charge in [-0.3, -0.25) is 4.79 Å². The number of rotatable bonds is 8. The molecule has 24 heavy (non-hydrogen) atoms. The summed E-state index contributed by atoms with van der Waals surface area (Å²) in [4.78, 5) is 11.8. The Kier molecular flexibility index (Phi) is 6.77. The van der Waals surface area contributed by atoms with E-state index in [0.29, 0.717) is 5.75 Å². The Labute approximate surface area is 149 Å². The molecule has 0 fully saturated rings. The quantitative estimate of drug-likeness (QED) is 0.648. The van der Waals surface area contributed by atoms with Crippen LogP contribution in [0, 0.1) is 0 Å². The Morgan fingerprint density at radius 2 is 1.67 bits per heavy atom. The lowest BCUT2D eigenvalue weighted by Crippen LogP contribution is -2.36. The van der Waals surface area contributed by atoms with Gasteiger partial charge in [-0.1, -0.05) is 34.1 Å². The molecule has 2 N–H and O–H groups in total. The number of amides is 1. The molecule has 0 atom stereocenters. The summed E-state index contributed by atoms with van der Waals surface area (Å²) in [6.07, 6.45) is 0. The number of benzene rings is 2. The largest absolute Gasteiger partial charge is 0.484 e. The van der Waals surface area contributed by atoms with Gasteiger partial charge in [0.2, 0.25) is 10.0 Å². The van der Waals surface area contributed by atoms with E-state index in [-0.39, 0.29) is 30.5 Å². The van der Waals surface area contributed by atoms with Crippen LogP contribution in [-0.4, -0.2) is 34.0 Å². The highest BCUT2D eigenvalue weighted by Gasteiger charge is 2.13. The Balaban J connectivity index is 1.70. The Morgan fingerprint density at radius 3 is 2.33 bits per heavy atom. The number of hydrogen-bond acceptors (Lipinski definition) is 4. The Hall–Kier alpha value is -1.90. The minimum Gasteiger partial charge on any atom is -0.484 e. The fourth-order valence-corrected chi connectivity index (χ4v) is 3.10. The average molecular weight is 413 g/mol. The monoisotopic (exact) mass is 412 g/mol. The lowest BCUT2D eigenvalue weighted by Gasteiger charge is -2.09. The molecule has 0 aliphatic rings. The van der Waals surface area contributed by atoms with Gasteiger partial charge in [0.1, 0.15) is 5.75 Å². The number of sulfonamides is 1. The maximum absolute atomic E-state index is 12.0.